The minimum Gasteiger partial charge on any atom is -0.393 e. The van der Waals surface area contributed by atoms with E-state index in [4.69, 9.17) is 0 Å². The number of nitrogens with zero attached hydrogens (tertiary/aromatic N) is 1. The Kier molecular flexibility index (Phi) is 2.65. The number of carbonyl (C=O) groups excluding carboxylic acids is 2. The molecule has 0 spiro atoms. The first-order valence-corrected chi connectivity index (χ1v) is 5.35. The molecule has 2 rings (SSSR count). The summed E-state index contributed by atoms with van der Waals surface area (Å²) in [6.07, 6.45) is 2.93. The van der Waals surface area contributed by atoms with Crippen LogP contribution in [0.25, 0.3) is 0 Å². The summed E-state index contributed by atoms with van der Waals surface area (Å²) in [5.41, 5.74) is 0. The smallest absolute Gasteiger partial charge is 0.324 e. The summed E-state index contributed by atoms with van der Waals surface area (Å²) in [5, 5.41) is 12.2. The molecule has 5 heteroatoms. The van der Waals surface area contributed by atoms with Gasteiger partial charge in [-0.2, -0.15) is 0 Å². The highest BCUT2D eigenvalue weighted by atomic mass is 16.3. The lowest BCUT2D eigenvalue weighted by Crippen LogP contribution is -2.40. The van der Waals surface area contributed by atoms with E-state index in [0.29, 0.717) is 6.42 Å². The van der Waals surface area contributed by atoms with Crippen molar-refractivity contribution < 1.29 is 14.7 Å². The molecule has 2 fully saturated rings. The Morgan fingerprint density at radius 1 is 1.40 bits per heavy atom. The first kappa shape index (κ1) is 10.4. The molecule has 1 saturated heterocycles. The van der Waals surface area contributed by atoms with E-state index in [0.717, 1.165) is 24.2 Å². The van der Waals surface area contributed by atoms with Crippen LogP contribution >= 0.6 is 0 Å². The van der Waals surface area contributed by atoms with E-state index in [9.17, 15) is 14.7 Å². The number of amides is 3. The Bertz CT molecular complexity index is 292. The van der Waals surface area contributed by atoms with Crippen molar-refractivity contribution >= 4 is 11.9 Å². The molecule has 1 saturated carbocycles. The number of likely N-dealkylation sites (N-methyl/N-ethyl adjacent to an activating group) is 1. The van der Waals surface area contributed by atoms with Crippen molar-refractivity contribution in [3.8, 4) is 0 Å². The molecule has 0 aromatic heterocycles. The van der Waals surface area contributed by atoms with Crippen molar-refractivity contribution in [1.82, 2.24) is 10.2 Å². The standard InChI is InChI=1S/C10H16N2O3/c1-12-9(14)8(11-10(12)15)6-3-2-4-7(13)5-6/h6-8,13H,2-5H2,1H3,(H,11,15). The van der Waals surface area contributed by atoms with Gasteiger partial charge in [0, 0.05) is 7.05 Å². The van der Waals surface area contributed by atoms with Gasteiger partial charge in [-0.3, -0.25) is 9.69 Å². The van der Waals surface area contributed by atoms with Gasteiger partial charge in [-0.05, 0) is 25.2 Å². The minimum absolute atomic E-state index is 0.0927. The van der Waals surface area contributed by atoms with Crippen molar-refractivity contribution in [1.29, 1.82) is 0 Å². The van der Waals surface area contributed by atoms with Gasteiger partial charge in [0.05, 0.1) is 6.10 Å². The molecule has 3 atom stereocenters. The Balaban J connectivity index is 2.05. The SMILES string of the molecule is CN1C(=O)NC(C2CCCC(O)C2)C1=O. The van der Waals surface area contributed by atoms with Gasteiger partial charge in [0.2, 0.25) is 0 Å². The summed E-state index contributed by atoms with van der Waals surface area (Å²) in [5.74, 6) is -0.0748. The molecule has 0 aromatic rings. The van der Waals surface area contributed by atoms with Gasteiger partial charge in [-0.15, -0.1) is 0 Å². The summed E-state index contributed by atoms with van der Waals surface area (Å²) in [6.45, 7) is 0. The molecule has 3 amide bonds. The first-order chi connectivity index (χ1) is 7.09. The van der Waals surface area contributed by atoms with Gasteiger partial charge in [0.25, 0.3) is 5.91 Å². The lowest BCUT2D eigenvalue weighted by Gasteiger charge is -2.28. The molecule has 3 unspecified atom stereocenters. The molecule has 2 N–H and O–H groups in total. The second kappa shape index (κ2) is 3.81. The number of nitrogens with one attached hydrogen (secondary N) is 1. The summed E-state index contributed by atoms with van der Waals surface area (Å²) < 4.78 is 0. The van der Waals surface area contributed by atoms with Gasteiger partial charge in [0.1, 0.15) is 6.04 Å². The quantitative estimate of drug-likeness (QED) is 0.605. The van der Waals surface area contributed by atoms with Crippen LogP contribution in [0, 0.1) is 5.92 Å². The Labute approximate surface area is 88.4 Å². The number of urea groups is 1. The van der Waals surface area contributed by atoms with Crippen LogP contribution in [-0.4, -0.2) is 41.1 Å². The lowest BCUT2D eigenvalue weighted by atomic mass is 9.82. The zero-order valence-electron chi connectivity index (χ0n) is 8.77. The number of imide groups is 1. The number of carbonyl (C=O) groups is 2. The van der Waals surface area contributed by atoms with E-state index in [-0.39, 0.29) is 24.0 Å². The predicted octanol–water partition coefficient (Wildman–Crippen LogP) is 0.0877. The topological polar surface area (TPSA) is 69.6 Å². The summed E-state index contributed by atoms with van der Waals surface area (Å²) in [7, 11) is 1.48. The van der Waals surface area contributed by atoms with Crippen LogP contribution in [0.2, 0.25) is 0 Å². The zero-order valence-corrected chi connectivity index (χ0v) is 8.77. The van der Waals surface area contributed by atoms with Crippen molar-refractivity contribution in [3.63, 3.8) is 0 Å². The molecule has 1 heterocycles. The highest BCUT2D eigenvalue weighted by Crippen LogP contribution is 2.29. The normalized spacial score (nSPS) is 36.9. The Hall–Kier alpha value is -1.10. The first-order valence-electron chi connectivity index (χ1n) is 5.35. The van der Waals surface area contributed by atoms with E-state index in [2.05, 4.69) is 5.32 Å². The summed E-state index contributed by atoms with van der Waals surface area (Å²) in [6, 6.07) is -0.748. The third-order valence-electron chi connectivity index (χ3n) is 3.34. The van der Waals surface area contributed by atoms with Crippen LogP contribution in [0.4, 0.5) is 4.79 Å². The highest BCUT2D eigenvalue weighted by molar-refractivity contribution is 6.04. The average Bonchev–Trinajstić information content (AvgIpc) is 2.46. The summed E-state index contributed by atoms with van der Waals surface area (Å²) >= 11 is 0. The van der Waals surface area contributed by atoms with Gasteiger partial charge in [-0.25, -0.2) is 4.79 Å². The van der Waals surface area contributed by atoms with E-state index in [1.54, 1.807) is 0 Å². The van der Waals surface area contributed by atoms with Crippen molar-refractivity contribution in [3.05, 3.63) is 0 Å². The molecule has 0 radical (unpaired) electrons. The maximum absolute atomic E-state index is 11.7. The third-order valence-corrected chi connectivity index (χ3v) is 3.34. The van der Waals surface area contributed by atoms with E-state index in [1.807, 2.05) is 0 Å². The number of rotatable bonds is 1. The van der Waals surface area contributed by atoms with Crippen LogP contribution < -0.4 is 5.32 Å². The summed E-state index contributed by atoms with van der Waals surface area (Å²) in [4.78, 5) is 24.0. The Morgan fingerprint density at radius 2 is 2.13 bits per heavy atom. The van der Waals surface area contributed by atoms with Crippen LogP contribution in [0.5, 0.6) is 0 Å². The molecular weight excluding hydrogens is 196 g/mol. The second-order valence-corrected chi connectivity index (χ2v) is 4.40. The lowest BCUT2D eigenvalue weighted by molar-refractivity contribution is -0.128. The molecule has 0 bridgehead atoms. The molecule has 1 aliphatic heterocycles. The number of aliphatic hydroxyl groups excluding tert-OH is 1. The minimum atomic E-state index is -0.419. The Morgan fingerprint density at radius 3 is 2.67 bits per heavy atom. The highest BCUT2D eigenvalue weighted by Gasteiger charge is 2.41. The van der Waals surface area contributed by atoms with E-state index < -0.39 is 6.04 Å². The molecular formula is C10H16N2O3. The fourth-order valence-corrected chi connectivity index (χ4v) is 2.42. The van der Waals surface area contributed by atoms with Gasteiger partial charge in [-0.1, -0.05) is 6.42 Å². The van der Waals surface area contributed by atoms with Crippen molar-refractivity contribution in [2.45, 2.75) is 37.8 Å². The average molecular weight is 212 g/mol. The maximum Gasteiger partial charge on any atom is 0.324 e. The van der Waals surface area contributed by atoms with Crippen LogP contribution in [0.15, 0.2) is 0 Å². The van der Waals surface area contributed by atoms with Crippen LogP contribution in [0.3, 0.4) is 0 Å². The van der Waals surface area contributed by atoms with E-state index in [1.165, 1.54) is 7.05 Å². The van der Waals surface area contributed by atoms with E-state index >= 15 is 0 Å². The number of aliphatic hydroxyl groups is 1. The number of hydrogen-bond acceptors (Lipinski definition) is 3. The van der Waals surface area contributed by atoms with Crippen LogP contribution in [0.1, 0.15) is 25.7 Å². The largest absolute Gasteiger partial charge is 0.393 e. The molecule has 84 valence electrons. The van der Waals surface area contributed by atoms with Gasteiger partial charge in [0.15, 0.2) is 0 Å². The molecule has 5 nitrogen and oxygen atoms in total. The molecule has 15 heavy (non-hydrogen) atoms. The van der Waals surface area contributed by atoms with Gasteiger partial charge < -0.3 is 10.4 Å². The fourth-order valence-electron chi connectivity index (χ4n) is 2.42. The van der Waals surface area contributed by atoms with Crippen molar-refractivity contribution in [2.24, 2.45) is 5.92 Å². The maximum atomic E-state index is 11.7. The van der Waals surface area contributed by atoms with Gasteiger partial charge >= 0.3 is 6.03 Å². The molecule has 1 aliphatic carbocycles. The monoisotopic (exact) mass is 212 g/mol. The zero-order chi connectivity index (χ0) is 11.0. The fraction of sp³-hybridized carbons (Fsp3) is 0.800. The number of hydrogen-bond donors (Lipinski definition) is 2. The molecule has 2 aliphatic rings. The predicted molar refractivity (Wildman–Crippen MR) is 53.1 cm³/mol. The van der Waals surface area contributed by atoms with Crippen LogP contribution in [-0.2, 0) is 4.79 Å². The second-order valence-electron chi connectivity index (χ2n) is 4.40. The third kappa shape index (κ3) is 1.84. The van der Waals surface area contributed by atoms with Crippen molar-refractivity contribution in [2.75, 3.05) is 7.05 Å². The molecule has 0 aromatic carbocycles.